The smallest absolute Gasteiger partial charge is 0.241 e. The highest BCUT2D eigenvalue weighted by atomic mass is 16.5. The fourth-order valence-electron chi connectivity index (χ4n) is 2.02. The Morgan fingerprint density at radius 1 is 1.44 bits per heavy atom. The zero-order chi connectivity index (χ0) is 11.0. The maximum absolute atomic E-state index is 5.86. The molecule has 2 aromatic heterocycles. The predicted molar refractivity (Wildman–Crippen MR) is 60.5 cm³/mol. The Hall–Kier alpha value is -1.62. The zero-order valence-corrected chi connectivity index (χ0v) is 9.16. The van der Waals surface area contributed by atoms with Crippen LogP contribution < -0.4 is 10.1 Å². The topological polar surface area (TPSA) is 62.8 Å². The first-order chi connectivity index (χ1) is 7.83. The molecule has 5 nitrogen and oxygen atoms in total. The van der Waals surface area contributed by atoms with Crippen molar-refractivity contribution in [1.29, 1.82) is 0 Å². The normalized spacial score (nSPS) is 20.4. The highest BCUT2D eigenvalue weighted by Crippen LogP contribution is 2.22. The summed E-state index contributed by atoms with van der Waals surface area (Å²) >= 11 is 0. The Balaban J connectivity index is 1.95. The number of fused-ring (bicyclic) bond motifs is 1. The molecule has 0 amide bonds. The molecule has 1 atom stereocenters. The predicted octanol–water partition coefficient (Wildman–Crippen LogP) is 1.01. The van der Waals surface area contributed by atoms with E-state index in [1.54, 1.807) is 6.33 Å². The van der Waals surface area contributed by atoms with Crippen molar-refractivity contribution in [3.8, 4) is 5.88 Å². The minimum absolute atomic E-state index is 0.224. The summed E-state index contributed by atoms with van der Waals surface area (Å²) in [5.74, 6) is 0.659. The standard InChI is InChI=1S/C11H14N4O/c1-7-4-9-10(15-7)11(14-6-13-9)16-8-2-3-12-5-8/h4,6,8,12,15H,2-3,5H2,1H3. The van der Waals surface area contributed by atoms with E-state index in [0.717, 1.165) is 36.2 Å². The van der Waals surface area contributed by atoms with Crippen molar-refractivity contribution in [2.24, 2.45) is 0 Å². The van der Waals surface area contributed by atoms with Crippen molar-refractivity contribution < 1.29 is 4.74 Å². The molecule has 2 N–H and O–H groups in total. The van der Waals surface area contributed by atoms with Gasteiger partial charge < -0.3 is 15.0 Å². The summed E-state index contributed by atoms with van der Waals surface area (Å²) in [5, 5.41) is 3.27. The van der Waals surface area contributed by atoms with E-state index in [0.29, 0.717) is 5.88 Å². The molecule has 0 aliphatic carbocycles. The summed E-state index contributed by atoms with van der Waals surface area (Å²) in [4.78, 5) is 11.6. The van der Waals surface area contributed by atoms with E-state index in [2.05, 4.69) is 20.3 Å². The third-order valence-corrected chi connectivity index (χ3v) is 2.81. The summed E-state index contributed by atoms with van der Waals surface area (Å²) < 4.78 is 5.86. The number of nitrogens with one attached hydrogen (secondary N) is 2. The van der Waals surface area contributed by atoms with Crippen LogP contribution in [0, 0.1) is 6.92 Å². The van der Waals surface area contributed by atoms with Crippen LogP contribution in [0.25, 0.3) is 11.0 Å². The Morgan fingerprint density at radius 2 is 2.38 bits per heavy atom. The lowest BCUT2D eigenvalue weighted by atomic mass is 10.3. The minimum atomic E-state index is 0.224. The van der Waals surface area contributed by atoms with Crippen molar-refractivity contribution in [1.82, 2.24) is 20.3 Å². The van der Waals surface area contributed by atoms with E-state index in [1.165, 1.54) is 0 Å². The van der Waals surface area contributed by atoms with Crippen molar-refractivity contribution >= 4 is 11.0 Å². The van der Waals surface area contributed by atoms with Crippen LogP contribution in [0.1, 0.15) is 12.1 Å². The summed E-state index contributed by atoms with van der Waals surface area (Å²) in [6.07, 6.45) is 2.81. The van der Waals surface area contributed by atoms with E-state index >= 15 is 0 Å². The van der Waals surface area contributed by atoms with Crippen LogP contribution >= 0.6 is 0 Å². The zero-order valence-electron chi connectivity index (χ0n) is 9.16. The van der Waals surface area contributed by atoms with Crippen LogP contribution in [0.4, 0.5) is 0 Å². The van der Waals surface area contributed by atoms with Gasteiger partial charge in [0.25, 0.3) is 0 Å². The molecule has 16 heavy (non-hydrogen) atoms. The molecule has 0 spiro atoms. The average Bonchev–Trinajstić information content (AvgIpc) is 2.86. The van der Waals surface area contributed by atoms with Gasteiger partial charge in [-0.3, -0.25) is 0 Å². The van der Waals surface area contributed by atoms with Crippen molar-refractivity contribution in [2.45, 2.75) is 19.4 Å². The van der Waals surface area contributed by atoms with Gasteiger partial charge in [0, 0.05) is 12.2 Å². The molecule has 1 unspecified atom stereocenters. The SMILES string of the molecule is Cc1cc2ncnc(OC3CCNC3)c2[nH]1. The number of nitrogens with zero attached hydrogens (tertiary/aromatic N) is 2. The Kier molecular flexibility index (Phi) is 2.25. The monoisotopic (exact) mass is 218 g/mol. The Bertz CT molecular complexity index is 502. The van der Waals surface area contributed by atoms with Gasteiger partial charge in [-0.15, -0.1) is 0 Å². The van der Waals surface area contributed by atoms with Gasteiger partial charge in [-0.25, -0.2) is 4.98 Å². The summed E-state index contributed by atoms with van der Waals surface area (Å²) in [6, 6.07) is 2.00. The largest absolute Gasteiger partial charge is 0.471 e. The molecule has 0 aromatic carbocycles. The number of hydrogen-bond donors (Lipinski definition) is 2. The van der Waals surface area contributed by atoms with Crippen LogP contribution in [-0.2, 0) is 0 Å². The second kappa shape index (κ2) is 3.75. The molecule has 0 saturated carbocycles. The third-order valence-electron chi connectivity index (χ3n) is 2.81. The molecule has 1 fully saturated rings. The third kappa shape index (κ3) is 1.63. The lowest BCUT2D eigenvalue weighted by Gasteiger charge is -2.11. The molecule has 1 saturated heterocycles. The van der Waals surface area contributed by atoms with Crippen molar-refractivity contribution in [3.63, 3.8) is 0 Å². The molecule has 84 valence electrons. The summed E-state index contributed by atoms with van der Waals surface area (Å²) in [5.41, 5.74) is 2.88. The fraction of sp³-hybridized carbons (Fsp3) is 0.455. The molecule has 0 radical (unpaired) electrons. The van der Waals surface area contributed by atoms with Gasteiger partial charge >= 0.3 is 0 Å². The molecular formula is C11H14N4O. The summed E-state index contributed by atoms with van der Waals surface area (Å²) in [6.45, 7) is 3.91. The molecule has 1 aliphatic heterocycles. The average molecular weight is 218 g/mol. The highest BCUT2D eigenvalue weighted by Gasteiger charge is 2.18. The molecule has 3 heterocycles. The van der Waals surface area contributed by atoms with Crippen molar-refractivity contribution in [3.05, 3.63) is 18.1 Å². The van der Waals surface area contributed by atoms with E-state index < -0.39 is 0 Å². The van der Waals surface area contributed by atoms with Gasteiger partial charge in [-0.2, -0.15) is 4.98 Å². The first-order valence-corrected chi connectivity index (χ1v) is 5.50. The lowest BCUT2D eigenvalue weighted by molar-refractivity contribution is 0.216. The second-order valence-electron chi connectivity index (χ2n) is 4.12. The maximum Gasteiger partial charge on any atom is 0.241 e. The molecule has 3 rings (SSSR count). The number of rotatable bonds is 2. The number of ether oxygens (including phenoxy) is 1. The quantitative estimate of drug-likeness (QED) is 0.789. The van der Waals surface area contributed by atoms with E-state index in [9.17, 15) is 0 Å². The van der Waals surface area contributed by atoms with E-state index in [-0.39, 0.29) is 6.10 Å². The second-order valence-corrected chi connectivity index (χ2v) is 4.12. The van der Waals surface area contributed by atoms with Crippen LogP contribution in [0.3, 0.4) is 0 Å². The number of H-pyrrole nitrogens is 1. The van der Waals surface area contributed by atoms with Gasteiger partial charge in [0.15, 0.2) is 0 Å². The van der Waals surface area contributed by atoms with Gasteiger partial charge in [-0.1, -0.05) is 0 Å². The van der Waals surface area contributed by atoms with Crippen LogP contribution in [-0.4, -0.2) is 34.1 Å². The molecule has 0 bridgehead atoms. The molecular weight excluding hydrogens is 204 g/mol. The maximum atomic E-state index is 5.86. The van der Waals surface area contributed by atoms with Gasteiger partial charge in [-0.05, 0) is 26.0 Å². The molecule has 1 aliphatic rings. The van der Waals surface area contributed by atoms with E-state index in [4.69, 9.17) is 4.74 Å². The Labute approximate surface area is 93.2 Å². The highest BCUT2D eigenvalue weighted by molar-refractivity contribution is 5.80. The first-order valence-electron chi connectivity index (χ1n) is 5.50. The number of aryl methyl sites for hydroxylation is 1. The number of aromatic nitrogens is 3. The van der Waals surface area contributed by atoms with Crippen LogP contribution in [0.2, 0.25) is 0 Å². The number of hydrogen-bond acceptors (Lipinski definition) is 4. The summed E-state index contributed by atoms with van der Waals surface area (Å²) in [7, 11) is 0. The van der Waals surface area contributed by atoms with Gasteiger partial charge in [0.1, 0.15) is 17.9 Å². The fourth-order valence-corrected chi connectivity index (χ4v) is 2.02. The molecule has 2 aromatic rings. The van der Waals surface area contributed by atoms with Crippen LogP contribution in [0.5, 0.6) is 5.88 Å². The van der Waals surface area contributed by atoms with E-state index in [1.807, 2.05) is 13.0 Å². The van der Waals surface area contributed by atoms with Crippen LogP contribution in [0.15, 0.2) is 12.4 Å². The Morgan fingerprint density at radius 3 is 3.19 bits per heavy atom. The van der Waals surface area contributed by atoms with Gasteiger partial charge in [0.05, 0.1) is 5.52 Å². The van der Waals surface area contributed by atoms with Crippen molar-refractivity contribution in [2.75, 3.05) is 13.1 Å². The lowest BCUT2D eigenvalue weighted by Crippen LogP contribution is -2.20. The molecule has 5 heteroatoms. The first kappa shape index (κ1) is 9.59. The van der Waals surface area contributed by atoms with Gasteiger partial charge in [0.2, 0.25) is 5.88 Å². The number of aromatic amines is 1. The minimum Gasteiger partial charge on any atom is -0.471 e.